The standard InChI is InChI=1S/C13H17N3O5S/c1-15(10-4-2-3-5-11(10)16(20)21)8-12(17)14-6-7-22-9-13(18)19/h2-5H,6-9H2,1H3,(H,14,17)(H,18,19). The van der Waals surface area contributed by atoms with Crippen LogP contribution in [-0.2, 0) is 9.59 Å². The highest BCUT2D eigenvalue weighted by atomic mass is 32.2. The van der Waals surface area contributed by atoms with E-state index in [-0.39, 0.29) is 23.9 Å². The number of rotatable bonds is 9. The minimum absolute atomic E-state index is 0.00795. The first-order valence-corrected chi connectivity index (χ1v) is 7.58. The number of carbonyl (C=O) groups is 2. The number of amides is 1. The van der Waals surface area contributed by atoms with E-state index >= 15 is 0 Å². The van der Waals surface area contributed by atoms with Gasteiger partial charge in [-0.1, -0.05) is 12.1 Å². The number of carboxylic acid groups (broad SMARTS) is 1. The van der Waals surface area contributed by atoms with Gasteiger partial charge in [0.2, 0.25) is 5.91 Å². The average molecular weight is 327 g/mol. The van der Waals surface area contributed by atoms with Gasteiger partial charge in [0.15, 0.2) is 0 Å². The molecule has 0 aromatic heterocycles. The van der Waals surface area contributed by atoms with Crippen LogP contribution in [0.1, 0.15) is 0 Å². The lowest BCUT2D eigenvalue weighted by Gasteiger charge is -2.18. The molecule has 0 heterocycles. The number of hydrogen-bond donors (Lipinski definition) is 2. The largest absolute Gasteiger partial charge is 0.481 e. The van der Waals surface area contributed by atoms with Gasteiger partial charge < -0.3 is 15.3 Å². The molecule has 9 heteroatoms. The summed E-state index contributed by atoms with van der Waals surface area (Å²) in [4.78, 5) is 34.0. The highest BCUT2D eigenvalue weighted by molar-refractivity contribution is 7.99. The van der Waals surface area contributed by atoms with Crippen molar-refractivity contribution in [1.29, 1.82) is 0 Å². The number of carboxylic acids is 1. The summed E-state index contributed by atoms with van der Waals surface area (Å²) in [5, 5.41) is 22.0. The molecule has 0 fully saturated rings. The topological polar surface area (TPSA) is 113 Å². The van der Waals surface area contributed by atoms with Crippen LogP contribution in [0.5, 0.6) is 0 Å². The van der Waals surface area contributed by atoms with E-state index in [1.54, 1.807) is 25.2 Å². The molecule has 1 aromatic rings. The number of likely N-dealkylation sites (N-methyl/N-ethyl adjacent to an activating group) is 1. The van der Waals surface area contributed by atoms with E-state index in [9.17, 15) is 19.7 Å². The maximum Gasteiger partial charge on any atom is 0.313 e. The van der Waals surface area contributed by atoms with Gasteiger partial charge in [0, 0.05) is 25.4 Å². The molecule has 0 saturated heterocycles. The third kappa shape index (κ3) is 6.00. The molecule has 22 heavy (non-hydrogen) atoms. The van der Waals surface area contributed by atoms with Gasteiger partial charge in [0.05, 0.1) is 17.2 Å². The highest BCUT2D eigenvalue weighted by Crippen LogP contribution is 2.26. The molecule has 0 radical (unpaired) electrons. The third-order valence-electron chi connectivity index (χ3n) is 2.66. The molecular formula is C13H17N3O5S. The van der Waals surface area contributed by atoms with Gasteiger partial charge in [-0.2, -0.15) is 0 Å². The normalized spacial score (nSPS) is 10.0. The smallest absolute Gasteiger partial charge is 0.313 e. The summed E-state index contributed by atoms with van der Waals surface area (Å²) in [5.41, 5.74) is 0.303. The van der Waals surface area contributed by atoms with Gasteiger partial charge in [-0.05, 0) is 6.07 Å². The number of nitrogens with zero attached hydrogens (tertiary/aromatic N) is 2. The molecule has 2 N–H and O–H groups in total. The summed E-state index contributed by atoms with van der Waals surface area (Å²) in [6.07, 6.45) is 0. The third-order valence-corrected chi connectivity index (χ3v) is 3.61. The molecule has 1 rings (SSSR count). The number of carbonyl (C=O) groups excluding carboxylic acids is 1. The van der Waals surface area contributed by atoms with E-state index < -0.39 is 10.9 Å². The van der Waals surface area contributed by atoms with Crippen molar-refractivity contribution < 1.29 is 19.6 Å². The summed E-state index contributed by atoms with van der Waals surface area (Å²) in [6.45, 7) is 0.329. The lowest BCUT2D eigenvalue weighted by Crippen LogP contribution is -2.36. The fraction of sp³-hybridized carbons (Fsp3) is 0.385. The number of anilines is 1. The second kappa shape index (κ2) is 8.88. The Kier molecular flexibility index (Phi) is 7.17. The van der Waals surface area contributed by atoms with E-state index in [1.165, 1.54) is 22.7 Å². The van der Waals surface area contributed by atoms with Crippen LogP contribution in [0.2, 0.25) is 0 Å². The Morgan fingerprint density at radius 3 is 2.73 bits per heavy atom. The van der Waals surface area contributed by atoms with Crippen molar-refractivity contribution in [1.82, 2.24) is 5.32 Å². The van der Waals surface area contributed by atoms with Gasteiger partial charge >= 0.3 is 5.97 Å². The molecule has 1 aromatic carbocycles. The fourth-order valence-electron chi connectivity index (χ4n) is 1.72. The molecule has 0 aliphatic heterocycles. The van der Waals surface area contributed by atoms with Gasteiger partial charge in [-0.15, -0.1) is 11.8 Å². The molecule has 0 aliphatic carbocycles. The summed E-state index contributed by atoms with van der Waals surface area (Å²) in [7, 11) is 1.60. The van der Waals surface area contributed by atoms with Crippen LogP contribution < -0.4 is 10.2 Å². The van der Waals surface area contributed by atoms with E-state index in [0.29, 0.717) is 18.0 Å². The molecular weight excluding hydrogens is 310 g/mol. The zero-order valence-electron chi connectivity index (χ0n) is 12.0. The molecule has 0 unspecified atom stereocenters. The number of benzene rings is 1. The van der Waals surface area contributed by atoms with E-state index in [2.05, 4.69) is 5.32 Å². The summed E-state index contributed by atoms with van der Waals surface area (Å²) < 4.78 is 0. The van der Waals surface area contributed by atoms with E-state index in [1.807, 2.05) is 0 Å². The van der Waals surface area contributed by atoms with Gasteiger partial charge in [0.1, 0.15) is 5.69 Å². The maximum atomic E-state index is 11.8. The Morgan fingerprint density at radius 1 is 1.41 bits per heavy atom. The van der Waals surface area contributed by atoms with Crippen molar-refractivity contribution in [2.45, 2.75) is 0 Å². The predicted octanol–water partition coefficient (Wildman–Crippen LogP) is 0.965. The van der Waals surface area contributed by atoms with Gasteiger partial charge in [0.25, 0.3) is 5.69 Å². The summed E-state index contributed by atoms with van der Waals surface area (Å²) >= 11 is 1.21. The second-order valence-corrected chi connectivity index (χ2v) is 5.50. The van der Waals surface area contributed by atoms with Crippen LogP contribution in [-0.4, -0.2) is 53.5 Å². The number of nitro benzene ring substituents is 1. The van der Waals surface area contributed by atoms with Crippen molar-refractivity contribution in [3.63, 3.8) is 0 Å². The number of nitrogens with one attached hydrogen (secondary N) is 1. The van der Waals surface area contributed by atoms with Crippen LogP contribution in [0.4, 0.5) is 11.4 Å². The first kappa shape index (κ1) is 17.8. The summed E-state index contributed by atoms with van der Waals surface area (Å²) in [5.74, 6) is -0.691. The fourth-order valence-corrected chi connectivity index (χ4v) is 2.29. The number of aliphatic carboxylic acids is 1. The SMILES string of the molecule is CN(CC(=O)NCCSCC(=O)O)c1ccccc1[N+](=O)[O-]. The minimum Gasteiger partial charge on any atom is -0.481 e. The lowest BCUT2D eigenvalue weighted by molar-refractivity contribution is -0.384. The molecule has 0 atom stereocenters. The molecule has 0 bridgehead atoms. The number of hydrogen-bond acceptors (Lipinski definition) is 6. The molecule has 8 nitrogen and oxygen atoms in total. The Balaban J connectivity index is 2.44. The zero-order chi connectivity index (χ0) is 16.5. The first-order chi connectivity index (χ1) is 10.4. The minimum atomic E-state index is -0.896. The summed E-state index contributed by atoms with van der Waals surface area (Å²) in [6, 6.07) is 6.19. The second-order valence-electron chi connectivity index (χ2n) is 4.40. The Hall–Kier alpha value is -2.29. The van der Waals surface area contributed by atoms with Crippen LogP contribution in [0.3, 0.4) is 0 Å². The Bertz CT molecular complexity index is 552. The predicted molar refractivity (Wildman–Crippen MR) is 84.3 cm³/mol. The van der Waals surface area contributed by atoms with E-state index in [0.717, 1.165) is 0 Å². The van der Waals surface area contributed by atoms with E-state index in [4.69, 9.17) is 5.11 Å². The first-order valence-electron chi connectivity index (χ1n) is 6.42. The van der Waals surface area contributed by atoms with Crippen molar-refractivity contribution in [3.05, 3.63) is 34.4 Å². The van der Waals surface area contributed by atoms with Crippen molar-refractivity contribution in [3.8, 4) is 0 Å². The highest BCUT2D eigenvalue weighted by Gasteiger charge is 2.17. The molecule has 0 aliphatic rings. The zero-order valence-corrected chi connectivity index (χ0v) is 12.8. The van der Waals surface area contributed by atoms with Crippen molar-refractivity contribution >= 4 is 35.0 Å². The monoisotopic (exact) mass is 327 g/mol. The number of nitro groups is 1. The maximum absolute atomic E-state index is 11.8. The van der Waals surface area contributed by atoms with Crippen LogP contribution in [0.25, 0.3) is 0 Å². The molecule has 120 valence electrons. The van der Waals surface area contributed by atoms with Gasteiger partial charge in [-0.25, -0.2) is 0 Å². The Morgan fingerprint density at radius 2 is 2.09 bits per heavy atom. The van der Waals surface area contributed by atoms with Crippen LogP contribution in [0.15, 0.2) is 24.3 Å². The molecule has 0 saturated carbocycles. The average Bonchev–Trinajstić information content (AvgIpc) is 2.46. The van der Waals surface area contributed by atoms with Crippen molar-refractivity contribution in [2.75, 3.05) is 36.5 Å². The lowest BCUT2D eigenvalue weighted by atomic mass is 10.2. The van der Waals surface area contributed by atoms with Crippen LogP contribution >= 0.6 is 11.8 Å². The quantitative estimate of drug-likeness (QED) is 0.394. The van der Waals surface area contributed by atoms with Gasteiger partial charge in [-0.3, -0.25) is 19.7 Å². The van der Waals surface area contributed by atoms with Crippen LogP contribution in [0, 0.1) is 10.1 Å². The molecule has 1 amide bonds. The molecule has 0 spiro atoms. The number of thioether (sulfide) groups is 1. The van der Waals surface area contributed by atoms with Crippen molar-refractivity contribution in [2.24, 2.45) is 0 Å². The number of para-hydroxylation sites is 2. The Labute approximate surface area is 131 Å².